The van der Waals surface area contributed by atoms with E-state index in [1.807, 2.05) is 58.9 Å². The molecule has 0 saturated carbocycles. The fourth-order valence-corrected chi connectivity index (χ4v) is 6.26. The van der Waals surface area contributed by atoms with Crippen LogP contribution in [0.15, 0.2) is 77.7 Å². The molecule has 0 spiro atoms. The number of aliphatic hydroxyl groups excluding tert-OH is 1. The molecule has 8 bridgehead atoms. The van der Waals surface area contributed by atoms with Gasteiger partial charge in [-0.15, -0.1) is 0 Å². The molecule has 0 unspecified atom stereocenters. The first-order valence-electron chi connectivity index (χ1n) is 16.3. The van der Waals surface area contributed by atoms with Crippen molar-refractivity contribution in [2.45, 2.75) is 73.6 Å². The summed E-state index contributed by atoms with van der Waals surface area (Å²) in [6.07, 6.45) is 8.50. The fraction of sp³-hybridized carbons (Fsp3) is 0.368. The molecule has 49 heavy (non-hydrogen) atoms. The number of H-pyrrole nitrogens is 1. The van der Waals surface area contributed by atoms with Crippen molar-refractivity contribution in [3.8, 4) is 0 Å². The summed E-state index contributed by atoms with van der Waals surface area (Å²) in [7, 11) is 2.74. The number of nitrogens with zero attached hydrogens (tertiary/aromatic N) is 3. The lowest BCUT2D eigenvalue weighted by molar-refractivity contribution is -0.142. The van der Waals surface area contributed by atoms with Gasteiger partial charge in [-0.1, -0.05) is 0 Å². The van der Waals surface area contributed by atoms with Crippen molar-refractivity contribution >= 4 is 53.0 Å². The van der Waals surface area contributed by atoms with Gasteiger partial charge in [0.2, 0.25) is 0 Å². The van der Waals surface area contributed by atoms with Crippen LogP contribution in [-0.4, -0.2) is 66.0 Å². The van der Waals surface area contributed by atoms with Gasteiger partial charge in [-0.25, -0.2) is 15.0 Å². The minimum absolute atomic E-state index is 0.118. The first kappa shape index (κ1) is 35.0. The summed E-state index contributed by atoms with van der Waals surface area (Å²) >= 11 is 0. The molecule has 256 valence electrons. The van der Waals surface area contributed by atoms with E-state index >= 15 is 0 Å². The van der Waals surface area contributed by atoms with Gasteiger partial charge in [-0.05, 0) is 118 Å². The normalized spacial score (nSPS) is 17.6. The molecule has 5 rings (SSSR count). The highest BCUT2D eigenvalue weighted by Gasteiger charge is 2.27. The van der Waals surface area contributed by atoms with Crippen molar-refractivity contribution in [1.29, 1.82) is 0 Å². The predicted octanol–water partition coefficient (Wildman–Crippen LogP) is 5.08. The third-order valence-electron chi connectivity index (χ3n) is 9.29. The van der Waals surface area contributed by atoms with E-state index in [4.69, 9.17) is 29.2 Å². The number of ether oxygens (including phenoxy) is 3. The number of aromatic amines is 1. The number of aliphatic hydroxyl groups is 1. The molecular weight excluding hydrogens is 624 g/mol. The number of hydrogen-bond donors (Lipinski definition) is 2. The number of carbonyl (C=O) groups is 3. The van der Waals surface area contributed by atoms with Gasteiger partial charge in [-0.3, -0.25) is 14.4 Å². The van der Waals surface area contributed by atoms with Crippen LogP contribution in [0.4, 0.5) is 0 Å². The maximum Gasteiger partial charge on any atom is 0.313 e. The van der Waals surface area contributed by atoms with E-state index in [9.17, 15) is 19.5 Å². The van der Waals surface area contributed by atoms with Gasteiger partial charge in [0.25, 0.3) is 0 Å². The van der Waals surface area contributed by atoms with Crippen LogP contribution in [0.5, 0.6) is 0 Å². The summed E-state index contributed by atoms with van der Waals surface area (Å²) in [6, 6.07) is 0. The molecule has 0 aliphatic carbocycles. The van der Waals surface area contributed by atoms with Crippen molar-refractivity contribution < 1.29 is 33.7 Å². The number of carbonyl (C=O) groups excluding carboxylic acids is 3. The van der Waals surface area contributed by atoms with E-state index < -0.39 is 5.97 Å². The molecule has 0 fully saturated rings. The van der Waals surface area contributed by atoms with Crippen molar-refractivity contribution in [3.63, 3.8) is 0 Å². The fourth-order valence-electron chi connectivity index (χ4n) is 6.26. The van der Waals surface area contributed by atoms with Gasteiger partial charge in [-0.2, -0.15) is 0 Å². The molecule has 0 radical (unpaired) electrons. The molecule has 5 heterocycles. The summed E-state index contributed by atoms with van der Waals surface area (Å²) in [4.78, 5) is 55.3. The zero-order valence-electron chi connectivity index (χ0n) is 29.3. The molecule has 1 aromatic rings. The van der Waals surface area contributed by atoms with Gasteiger partial charge >= 0.3 is 17.9 Å². The van der Waals surface area contributed by atoms with Gasteiger partial charge in [0.1, 0.15) is 12.2 Å². The van der Waals surface area contributed by atoms with Crippen molar-refractivity contribution in [2.24, 2.45) is 15.0 Å². The van der Waals surface area contributed by atoms with Crippen LogP contribution in [0.25, 0.3) is 17.9 Å². The summed E-state index contributed by atoms with van der Waals surface area (Å²) in [6.45, 7) is 11.7. The van der Waals surface area contributed by atoms with Crippen LogP contribution >= 0.6 is 0 Å². The summed E-state index contributed by atoms with van der Waals surface area (Å²) in [5.74, 6) is -1.30. The number of aliphatic imine (C=N–C) groups is 3. The van der Waals surface area contributed by atoms with Gasteiger partial charge in [0.05, 0.1) is 60.4 Å². The number of fused-ring (bicyclic) bond motifs is 5. The third kappa shape index (κ3) is 7.11. The Bertz CT molecular complexity index is 2070. The highest BCUT2D eigenvalue weighted by atomic mass is 16.5. The highest BCUT2D eigenvalue weighted by Crippen LogP contribution is 2.36. The Balaban J connectivity index is 1.80. The number of rotatable bonds is 9. The Hall–Kier alpha value is -5.32. The van der Waals surface area contributed by atoms with Gasteiger partial charge in [0, 0.05) is 23.8 Å². The number of esters is 3. The number of allylic oxidation sites excluding steroid dienone is 8. The monoisotopic (exact) mass is 666 g/mol. The lowest BCUT2D eigenvalue weighted by Gasteiger charge is -2.08. The zero-order valence-corrected chi connectivity index (χ0v) is 29.3. The van der Waals surface area contributed by atoms with E-state index in [-0.39, 0.29) is 43.6 Å². The van der Waals surface area contributed by atoms with E-state index in [1.54, 1.807) is 6.92 Å². The van der Waals surface area contributed by atoms with E-state index in [0.29, 0.717) is 51.9 Å². The van der Waals surface area contributed by atoms with Crippen molar-refractivity contribution in [1.82, 2.24) is 4.98 Å². The smallest absolute Gasteiger partial charge is 0.313 e. The number of methoxy groups -OCH3 is 2. The van der Waals surface area contributed by atoms with Crippen LogP contribution in [0.1, 0.15) is 78.0 Å². The molecule has 0 saturated heterocycles. The van der Waals surface area contributed by atoms with E-state index in [0.717, 1.165) is 50.4 Å². The molecule has 4 aliphatic rings. The lowest BCUT2D eigenvalue weighted by Crippen LogP contribution is -2.29. The standard InChI is InChI=1S/C38H42N4O7/c1-9-49-37(46)18-34(43)38-23(6)30-15-29-22(5)25(11-13-36(45)48-8)32(41-29)17-31-24(10-12-35(44)47-7)21(4)28(40-31)14-26-19(2)20(3)27(39-26)16-33(38)42-30/h14-17,42-43H,9-13,18H2,1-8H3/b26-14?,29-15?,31-17?,33-16?,38-34-. The first-order valence-corrected chi connectivity index (χ1v) is 16.3. The predicted molar refractivity (Wildman–Crippen MR) is 189 cm³/mol. The summed E-state index contributed by atoms with van der Waals surface area (Å²) in [5, 5.41) is 12.4. The molecule has 0 amide bonds. The molecular formula is C38H42N4O7. The average molecular weight is 667 g/mol. The topological polar surface area (TPSA) is 152 Å². The maximum atomic E-state index is 12.4. The Labute approximate surface area is 285 Å². The van der Waals surface area contributed by atoms with Crippen LogP contribution in [0, 0.1) is 6.92 Å². The Morgan fingerprint density at radius 3 is 1.92 bits per heavy atom. The van der Waals surface area contributed by atoms with E-state index in [2.05, 4.69) is 4.98 Å². The number of aromatic nitrogens is 1. The van der Waals surface area contributed by atoms with Crippen LogP contribution in [0.3, 0.4) is 0 Å². The second kappa shape index (κ2) is 14.4. The minimum Gasteiger partial charge on any atom is -0.511 e. The number of hydrogen-bond acceptors (Lipinski definition) is 10. The Kier molecular flexibility index (Phi) is 10.3. The second-order valence-corrected chi connectivity index (χ2v) is 12.2. The number of nitrogens with one attached hydrogen (secondary N) is 1. The van der Waals surface area contributed by atoms with Crippen molar-refractivity contribution in [2.75, 3.05) is 20.8 Å². The lowest BCUT2D eigenvalue weighted by atomic mass is 9.96. The molecule has 2 N–H and O–H groups in total. The largest absolute Gasteiger partial charge is 0.511 e. The maximum absolute atomic E-state index is 12.4. The zero-order chi connectivity index (χ0) is 35.6. The Morgan fingerprint density at radius 1 is 0.694 bits per heavy atom. The Morgan fingerprint density at radius 2 is 1.27 bits per heavy atom. The van der Waals surface area contributed by atoms with Crippen LogP contribution in [-0.2, 0) is 28.6 Å². The third-order valence-corrected chi connectivity index (χ3v) is 9.29. The van der Waals surface area contributed by atoms with Gasteiger partial charge in [0.15, 0.2) is 0 Å². The van der Waals surface area contributed by atoms with Gasteiger partial charge < -0.3 is 24.3 Å². The summed E-state index contributed by atoms with van der Waals surface area (Å²) in [5.41, 5.74) is 11.0. The SMILES string of the molecule is CCOC(=O)C/C(O)=c1\c(C)c2[nH]c1=CC1=NC(=CC3=NC(=CC4=NC(=C2)C(C)=C4CCC(=O)OC)C(CCC(=O)OC)=C3C)C(C)=C1C. The van der Waals surface area contributed by atoms with Crippen LogP contribution in [0.2, 0.25) is 0 Å². The molecule has 0 aromatic carbocycles. The molecule has 11 heteroatoms. The molecule has 0 atom stereocenters. The van der Waals surface area contributed by atoms with E-state index in [1.165, 1.54) is 14.2 Å². The minimum atomic E-state index is -0.530. The average Bonchev–Trinajstić information content (AvgIpc) is 3.72. The summed E-state index contributed by atoms with van der Waals surface area (Å²) < 4.78 is 15.0. The molecule has 11 nitrogen and oxygen atoms in total. The molecule has 1 aromatic heterocycles. The van der Waals surface area contributed by atoms with Crippen molar-refractivity contribution in [3.05, 3.63) is 84.5 Å². The van der Waals surface area contributed by atoms with Crippen LogP contribution < -0.4 is 10.6 Å². The molecule has 4 aliphatic heterocycles. The second-order valence-electron chi connectivity index (χ2n) is 12.2. The quantitative estimate of drug-likeness (QED) is 0.275. The first-order chi connectivity index (χ1) is 23.4. The highest BCUT2D eigenvalue weighted by molar-refractivity contribution is 6.24.